The predicted molar refractivity (Wildman–Crippen MR) is 80.6 cm³/mol. The number of carbonyl (C=O) groups excluding carboxylic acids is 1. The minimum absolute atomic E-state index is 0.0596. The number of ether oxygens (including phenoxy) is 1. The lowest BCUT2D eigenvalue weighted by atomic mass is 9.82. The molecule has 22 heavy (non-hydrogen) atoms. The number of hydrogen-bond acceptors (Lipinski definition) is 4. The van der Waals surface area contributed by atoms with Crippen LogP contribution in [-0.4, -0.2) is 63.1 Å². The normalized spacial score (nSPS) is 28.1. The Morgan fingerprint density at radius 1 is 1.32 bits per heavy atom. The number of amides is 1. The van der Waals surface area contributed by atoms with Gasteiger partial charge in [-0.3, -0.25) is 4.79 Å². The quantitative estimate of drug-likeness (QED) is 0.790. The molecule has 0 bridgehead atoms. The van der Waals surface area contributed by atoms with Crippen molar-refractivity contribution in [1.82, 2.24) is 9.47 Å². The summed E-state index contributed by atoms with van der Waals surface area (Å²) in [5, 5.41) is 19.4. The predicted octanol–water partition coefficient (Wildman–Crippen LogP) is 0.450. The Kier molecular flexibility index (Phi) is 4.01. The van der Waals surface area contributed by atoms with E-state index in [0.29, 0.717) is 32.4 Å². The van der Waals surface area contributed by atoms with Gasteiger partial charge in [-0.25, -0.2) is 0 Å². The summed E-state index contributed by atoms with van der Waals surface area (Å²) in [5.74, 6) is 0.0596. The van der Waals surface area contributed by atoms with Crippen LogP contribution in [0.3, 0.4) is 0 Å². The Hall–Kier alpha value is -1.37. The topological polar surface area (TPSA) is 74.9 Å². The highest BCUT2D eigenvalue weighted by atomic mass is 16.5. The van der Waals surface area contributed by atoms with Gasteiger partial charge >= 0.3 is 0 Å². The summed E-state index contributed by atoms with van der Waals surface area (Å²) in [6.45, 7) is 3.36. The number of hydrogen-bond donors (Lipinski definition) is 2. The summed E-state index contributed by atoms with van der Waals surface area (Å²) in [5.41, 5.74) is 1.33. The minimum Gasteiger partial charge on any atom is -0.390 e. The van der Waals surface area contributed by atoms with Gasteiger partial charge in [-0.1, -0.05) is 0 Å². The molecule has 2 aliphatic rings. The highest BCUT2D eigenvalue weighted by Gasteiger charge is 2.43. The minimum atomic E-state index is -0.794. The molecule has 2 atom stereocenters. The van der Waals surface area contributed by atoms with E-state index >= 15 is 0 Å². The lowest BCUT2D eigenvalue weighted by Gasteiger charge is -2.46. The number of piperidine rings is 1. The maximum absolute atomic E-state index is 12.6. The molecule has 2 aliphatic heterocycles. The summed E-state index contributed by atoms with van der Waals surface area (Å²) in [4.78, 5) is 14.5. The van der Waals surface area contributed by atoms with Crippen LogP contribution in [0.25, 0.3) is 0 Å². The summed E-state index contributed by atoms with van der Waals surface area (Å²) >= 11 is 0. The third-order valence-corrected chi connectivity index (χ3v) is 5.16. The molecule has 0 aliphatic carbocycles. The van der Waals surface area contributed by atoms with Crippen molar-refractivity contribution >= 4 is 5.91 Å². The molecule has 122 valence electrons. The molecule has 2 fully saturated rings. The first-order valence-corrected chi connectivity index (χ1v) is 7.83. The number of likely N-dealkylation sites (tertiary alicyclic amines) is 1. The van der Waals surface area contributed by atoms with E-state index in [1.165, 1.54) is 0 Å². The van der Waals surface area contributed by atoms with Crippen LogP contribution in [0.5, 0.6) is 0 Å². The summed E-state index contributed by atoms with van der Waals surface area (Å²) in [6.07, 6.45) is 2.23. The van der Waals surface area contributed by atoms with E-state index in [2.05, 4.69) is 0 Å². The van der Waals surface area contributed by atoms with Crippen LogP contribution in [0.1, 0.15) is 35.3 Å². The van der Waals surface area contributed by atoms with Crippen molar-refractivity contribution in [3.05, 3.63) is 23.5 Å². The first-order chi connectivity index (χ1) is 10.4. The third kappa shape index (κ3) is 2.66. The van der Waals surface area contributed by atoms with Crippen LogP contribution in [0.15, 0.2) is 12.3 Å². The highest BCUT2D eigenvalue weighted by molar-refractivity contribution is 5.95. The lowest BCUT2D eigenvalue weighted by Crippen LogP contribution is -2.55. The van der Waals surface area contributed by atoms with E-state index in [0.717, 1.165) is 11.3 Å². The van der Waals surface area contributed by atoms with Crippen LogP contribution in [0, 0.1) is 6.92 Å². The van der Waals surface area contributed by atoms with Crippen LogP contribution >= 0.6 is 0 Å². The lowest BCUT2D eigenvalue weighted by molar-refractivity contribution is -0.185. The molecular weight excluding hydrogens is 284 g/mol. The zero-order chi connectivity index (χ0) is 15.9. The van der Waals surface area contributed by atoms with Gasteiger partial charge in [-0.15, -0.1) is 0 Å². The number of aliphatic hydroxyl groups excluding tert-OH is 2. The van der Waals surface area contributed by atoms with E-state index < -0.39 is 12.2 Å². The van der Waals surface area contributed by atoms with Crippen LogP contribution in [0.2, 0.25) is 0 Å². The largest absolute Gasteiger partial charge is 0.390 e. The SMILES string of the molecule is Cc1c(C(=O)N2CCC3(CC2)C[C@@H](O)[C@@H](O)CO3)ccn1C. The van der Waals surface area contributed by atoms with Gasteiger partial charge in [-0.2, -0.15) is 0 Å². The molecule has 3 heterocycles. The van der Waals surface area contributed by atoms with E-state index in [1.54, 1.807) is 0 Å². The molecule has 0 saturated carbocycles. The fourth-order valence-electron chi connectivity index (χ4n) is 3.42. The second-order valence-corrected chi connectivity index (χ2v) is 6.55. The second kappa shape index (κ2) is 5.68. The van der Waals surface area contributed by atoms with Crippen molar-refractivity contribution < 1.29 is 19.7 Å². The Morgan fingerprint density at radius 2 is 2.00 bits per heavy atom. The summed E-state index contributed by atoms with van der Waals surface area (Å²) in [6, 6.07) is 1.86. The Labute approximate surface area is 130 Å². The van der Waals surface area contributed by atoms with Crippen molar-refractivity contribution in [2.75, 3.05) is 19.7 Å². The molecule has 1 aromatic heterocycles. The fourth-order valence-corrected chi connectivity index (χ4v) is 3.42. The van der Waals surface area contributed by atoms with Gasteiger partial charge in [0, 0.05) is 38.4 Å². The smallest absolute Gasteiger partial charge is 0.255 e. The van der Waals surface area contributed by atoms with Gasteiger partial charge in [-0.05, 0) is 25.8 Å². The molecule has 1 spiro atoms. The number of aryl methyl sites for hydroxylation is 1. The Balaban J connectivity index is 1.64. The zero-order valence-electron chi connectivity index (χ0n) is 13.2. The van der Waals surface area contributed by atoms with E-state index in [-0.39, 0.29) is 18.1 Å². The molecule has 2 N–H and O–H groups in total. The Bertz CT molecular complexity index is 560. The number of aliphatic hydroxyl groups is 2. The maximum atomic E-state index is 12.6. The molecule has 1 aromatic rings. The van der Waals surface area contributed by atoms with Crippen LogP contribution in [0.4, 0.5) is 0 Å². The number of rotatable bonds is 1. The number of aromatic nitrogens is 1. The molecule has 0 unspecified atom stereocenters. The first-order valence-electron chi connectivity index (χ1n) is 7.83. The van der Waals surface area contributed by atoms with E-state index in [4.69, 9.17) is 4.74 Å². The van der Waals surface area contributed by atoms with Crippen molar-refractivity contribution in [3.63, 3.8) is 0 Å². The molecule has 0 radical (unpaired) electrons. The number of carbonyl (C=O) groups is 1. The first kappa shape index (κ1) is 15.5. The fraction of sp³-hybridized carbons (Fsp3) is 0.688. The molecular formula is C16H24N2O4. The monoisotopic (exact) mass is 308 g/mol. The Morgan fingerprint density at radius 3 is 2.55 bits per heavy atom. The third-order valence-electron chi connectivity index (χ3n) is 5.16. The van der Waals surface area contributed by atoms with E-state index in [1.807, 2.05) is 35.7 Å². The van der Waals surface area contributed by atoms with Gasteiger partial charge in [0.05, 0.1) is 23.9 Å². The summed E-state index contributed by atoms with van der Waals surface area (Å²) in [7, 11) is 1.93. The second-order valence-electron chi connectivity index (χ2n) is 6.55. The number of nitrogens with zero attached hydrogens (tertiary/aromatic N) is 2. The zero-order valence-corrected chi connectivity index (χ0v) is 13.2. The average molecular weight is 308 g/mol. The highest BCUT2D eigenvalue weighted by Crippen LogP contribution is 2.35. The summed E-state index contributed by atoms with van der Waals surface area (Å²) < 4.78 is 7.74. The van der Waals surface area contributed by atoms with Gasteiger partial charge in [0.25, 0.3) is 5.91 Å². The van der Waals surface area contributed by atoms with Crippen LogP contribution < -0.4 is 0 Å². The van der Waals surface area contributed by atoms with Crippen molar-refractivity contribution in [2.24, 2.45) is 7.05 Å². The molecule has 6 heteroatoms. The molecule has 2 saturated heterocycles. The molecule has 3 rings (SSSR count). The van der Waals surface area contributed by atoms with Gasteiger partial charge < -0.3 is 24.4 Å². The van der Waals surface area contributed by atoms with Gasteiger partial charge in [0.2, 0.25) is 0 Å². The van der Waals surface area contributed by atoms with Crippen molar-refractivity contribution in [2.45, 2.75) is 44.0 Å². The standard InChI is InChI=1S/C16H24N2O4/c1-11-12(3-6-17(11)2)15(21)18-7-4-16(5-8-18)9-13(19)14(20)10-22-16/h3,6,13-14,19-20H,4-5,7-10H2,1-2H3/t13-,14+/m1/s1. The molecule has 1 amide bonds. The molecule has 0 aromatic carbocycles. The van der Waals surface area contributed by atoms with Crippen molar-refractivity contribution in [1.29, 1.82) is 0 Å². The van der Waals surface area contributed by atoms with E-state index in [9.17, 15) is 15.0 Å². The van der Waals surface area contributed by atoms with Crippen LogP contribution in [-0.2, 0) is 11.8 Å². The van der Waals surface area contributed by atoms with Gasteiger partial charge in [0.15, 0.2) is 0 Å². The van der Waals surface area contributed by atoms with Crippen molar-refractivity contribution in [3.8, 4) is 0 Å². The average Bonchev–Trinajstić information content (AvgIpc) is 2.84. The van der Waals surface area contributed by atoms with Gasteiger partial charge in [0.1, 0.15) is 6.10 Å². The molecule has 6 nitrogen and oxygen atoms in total. The maximum Gasteiger partial charge on any atom is 0.255 e.